The second-order valence-electron chi connectivity index (χ2n) is 3.38. The van der Waals surface area contributed by atoms with Crippen LogP contribution in [-0.2, 0) is 0 Å². The van der Waals surface area contributed by atoms with E-state index in [9.17, 15) is 14.5 Å². The number of nitro benzene ring substituents is 1. The maximum atomic E-state index is 13.2. The number of benzene rings is 1. The Morgan fingerprint density at radius 1 is 1.62 bits per heavy atom. The van der Waals surface area contributed by atoms with Gasteiger partial charge < -0.3 is 11.1 Å². The van der Waals surface area contributed by atoms with Gasteiger partial charge in [0.15, 0.2) is 0 Å². The number of nitrogens with zero attached hydrogens (tertiary/aromatic N) is 1. The van der Waals surface area contributed by atoms with Gasteiger partial charge in [-0.3, -0.25) is 10.1 Å². The summed E-state index contributed by atoms with van der Waals surface area (Å²) in [6.45, 7) is 2.24. The van der Waals surface area contributed by atoms with E-state index in [2.05, 4.69) is 5.32 Å². The van der Waals surface area contributed by atoms with E-state index >= 15 is 0 Å². The largest absolute Gasteiger partial charge is 0.375 e. The van der Waals surface area contributed by atoms with Crippen molar-refractivity contribution in [2.45, 2.75) is 19.4 Å². The van der Waals surface area contributed by atoms with Crippen molar-refractivity contribution in [2.75, 3.05) is 11.9 Å². The van der Waals surface area contributed by atoms with E-state index in [-0.39, 0.29) is 11.7 Å². The van der Waals surface area contributed by atoms with Gasteiger partial charge in [0, 0.05) is 12.6 Å². The minimum Gasteiger partial charge on any atom is -0.375 e. The van der Waals surface area contributed by atoms with Crippen molar-refractivity contribution >= 4 is 11.4 Å². The smallest absolute Gasteiger partial charge is 0.327 e. The van der Waals surface area contributed by atoms with Gasteiger partial charge in [0.05, 0.1) is 4.92 Å². The number of hydrogen-bond donors (Lipinski definition) is 2. The lowest BCUT2D eigenvalue weighted by atomic mass is 10.2. The number of para-hydroxylation sites is 1. The first-order chi connectivity index (χ1) is 7.60. The lowest BCUT2D eigenvalue weighted by Crippen LogP contribution is -2.28. The van der Waals surface area contributed by atoms with Crippen molar-refractivity contribution in [2.24, 2.45) is 5.73 Å². The van der Waals surface area contributed by atoms with Crippen LogP contribution in [0.4, 0.5) is 15.8 Å². The van der Waals surface area contributed by atoms with Gasteiger partial charge in [0.1, 0.15) is 5.69 Å². The van der Waals surface area contributed by atoms with Crippen LogP contribution in [-0.4, -0.2) is 17.5 Å². The Morgan fingerprint density at radius 2 is 2.31 bits per heavy atom. The summed E-state index contributed by atoms with van der Waals surface area (Å²) in [5.74, 6) is -0.845. The van der Waals surface area contributed by atoms with E-state index in [0.717, 1.165) is 6.07 Å². The van der Waals surface area contributed by atoms with Crippen LogP contribution in [0.15, 0.2) is 18.2 Å². The highest BCUT2D eigenvalue weighted by Gasteiger charge is 2.20. The molecule has 0 spiro atoms. The molecule has 1 aromatic carbocycles. The molecule has 0 radical (unpaired) electrons. The van der Waals surface area contributed by atoms with E-state index < -0.39 is 16.4 Å². The first-order valence-electron chi connectivity index (χ1n) is 4.99. The van der Waals surface area contributed by atoms with Gasteiger partial charge in [0.2, 0.25) is 5.82 Å². The molecule has 1 atom stereocenters. The monoisotopic (exact) mass is 227 g/mol. The van der Waals surface area contributed by atoms with E-state index in [1.165, 1.54) is 12.1 Å². The molecule has 1 unspecified atom stereocenters. The highest BCUT2D eigenvalue weighted by Crippen LogP contribution is 2.27. The summed E-state index contributed by atoms with van der Waals surface area (Å²) in [6, 6.07) is 3.86. The fourth-order valence-corrected chi connectivity index (χ4v) is 1.36. The quantitative estimate of drug-likeness (QED) is 0.594. The van der Waals surface area contributed by atoms with Crippen LogP contribution in [0.3, 0.4) is 0 Å². The third-order valence-electron chi connectivity index (χ3n) is 2.31. The molecule has 0 aliphatic carbocycles. The molecule has 0 aliphatic heterocycles. The van der Waals surface area contributed by atoms with Crippen molar-refractivity contribution < 1.29 is 9.31 Å². The molecule has 0 bridgehead atoms. The van der Waals surface area contributed by atoms with Crippen molar-refractivity contribution in [3.63, 3.8) is 0 Å². The number of anilines is 1. The maximum absolute atomic E-state index is 13.2. The molecule has 0 aromatic heterocycles. The van der Waals surface area contributed by atoms with Crippen LogP contribution in [0, 0.1) is 15.9 Å². The molecule has 0 fully saturated rings. The average Bonchev–Trinajstić information content (AvgIpc) is 2.25. The van der Waals surface area contributed by atoms with Crippen LogP contribution < -0.4 is 11.1 Å². The predicted octanol–water partition coefficient (Wildman–Crippen LogP) is 1.88. The molecular formula is C10H14FN3O2. The number of rotatable bonds is 5. The molecule has 0 saturated carbocycles. The summed E-state index contributed by atoms with van der Waals surface area (Å²) in [7, 11) is 0. The topological polar surface area (TPSA) is 81.2 Å². The molecule has 0 heterocycles. The van der Waals surface area contributed by atoms with Gasteiger partial charge in [-0.2, -0.15) is 4.39 Å². The Balaban J connectivity index is 3.03. The molecule has 88 valence electrons. The zero-order valence-electron chi connectivity index (χ0n) is 8.94. The standard InChI is InChI=1S/C10H14FN3O2/c1-2-7(6-12)13-9-5-3-4-8(11)10(9)14(15)16/h3-5,7,13H,2,6,12H2,1H3. The number of halogens is 1. The van der Waals surface area contributed by atoms with E-state index in [4.69, 9.17) is 5.73 Å². The fraction of sp³-hybridized carbons (Fsp3) is 0.400. The molecular weight excluding hydrogens is 213 g/mol. The van der Waals surface area contributed by atoms with Gasteiger partial charge in [-0.25, -0.2) is 0 Å². The molecule has 16 heavy (non-hydrogen) atoms. The summed E-state index contributed by atoms with van der Waals surface area (Å²) < 4.78 is 13.2. The van der Waals surface area contributed by atoms with Gasteiger partial charge in [-0.1, -0.05) is 13.0 Å². The third kappa shape index (κ3) is 2.66. The van der Waals surface area contributed by atoms with Gasteiger partial charge in [-0.15, -0.1) is 0 Å². The van der Waals surface area contributed by atoms with Crippen LogP contribution >= 0.6 is 0 Å². The van der Waals surface area contributed by atoms with Crippen molar-refractivity contribution in [3.05, 3.63) is 34.1 Å². The van der Waals surface area contributed by atoms with Crippen molar-refractivity contribution in [3.8, 4) is 0 Å². The Morgan fingerprint density at radius 3 is 2.81 bits per heavy atom. The van der Waals surface area contributed by atoms with Gasteiger partial charge in [0.25, 0.3) is 0 Å². The lowest BCUT2D eigenvalue weighted by molar-refractivity contribution is -0.386. The second kappa shape index (κ2) is 5.41. The summed E-state index contributed by atoms with van der Waals surface area (Å²) in [5, 5.41) is 13.6. The number of nitrogens with two attached hydrogens (primary N) is 1. The van der Waals surface area contributed by atoms with Crippen LogP contribution in [0.2, 0.25) is 0 Å². The molecule has 1 rings (SSSR count). The second-order valence-corrected chi connectivity index (χ2v) is 3.38. The van der Waals surface area contributed by atoms with Crippen molar-refractivity contribution in [1.29, 1.82) is 0 Å². The number of nitrogens with one attached hydrogen (secondary N) is 1. The minimum atomic E-state index is -0.845. The predicted molar refractivity (Wildman–Crippen MR) is 59.8 cm³/mol. The molecule has 0 aliphatic rings. The number of nitro groups is 1. The van der Waals surface area contributed by atoms with Crippen molar-refractivity contribution in [1.82, 2.24) is 0 Å². The van der Waals surface area contributed by atoms with Crippen LogP contribution in [0.1, 0.15) is 13.3 Å². The Hall–Kier alpha value is -1.69. The van der Waals surface area contributed by atoms with E-state index in [1.807, 2.05) is 6.92 Å². The Labute approximate surface area is 92.6 Å². The fourth-order valence-electron chi connectivity index (χ4n) is 1.36. The average molecular weight is 227 g/mol. The Kier molecular flexibility index (Phi) is 4.19. The molecule has 3 N–H and O–H groups in total. The van der Waals surface area contributed by atoms with Crippen LogP contribution in [0.25, 0.3) is 0 Å². The molecule has 6 heteroatoms. The van der Waals surface area contributed by atoms with E-state index in [0.29, 0.717) is 13.0 Å². The van der Waals surface area contributed by atoms with Gasteiger partial charge in [-0.05, 0) is 18.6 Å². The SMILES string of the molecule is CCC(CN)Nc1cccc(F)c1[N+](=O)[O-]. The minimum absolute atomic E-state index is 0.0968. The highest BCUT2D eigenvalue weighted by atomic mass is 19.1. The summed E-state index contributed by atoms with van der Waals surface area (Å²) in [6.07, 6.45) is 0.712. The summed E-state index contributed by atoms with van der Waals surface area (Å²) in [5.41, 5.74) is 5.11. The van der Waals surface area contributed by atoms with Gasteiger partial charge >= 0.3 is 5.69 Å². The summed E-state index contributed by atoms with van der Waals surface area (Å²) in [4.78, 5) is 9.96. The Bertz CT molecular complexity index is 380. The van der Waals surface area contributed by atoms with Crippen LogP contribution in [0.5, 0.6) is 0 Å². The molecule has 5 nitrogen and oxygen atoms in total. The zero-order valence-corrected chi connectivity index (χ0v) is 8.94. The first kappa shape index (κ1) is 12.4. The summed E-state index contributed by atoms with van der Waals surface area (Å²) >= 11 is 0. The maximum Gasteiger partial charge on any atom is 0.327 e. The molecule has 1 aromatic rings. The first-order valence-corrected chi connectivity index (χ1v) is 4.99. The normalized spacial score (nSPS) is 12.2. The molecule has 0 amide bonds. The highest BCUT2D eigenvalue weighted by molar-refractivity contribution is 5.62. The third-order valence-corrected chi connectivity index (χ3v) is 2.31. The molecule has 0 saturated heterocycles. The zero-order chi connectivity index (χ0) is 12.1. The lowest BCUT2D eigenvalue weighted by Gasteiger charge is -2.15. The number of hydrogen-bond acceptors (Lipinski definition) is 4. The van der Waals surface area contributed by atoms with E-state index in [1.54, 1.807) is 0 Å².